The van der Waals surface area contributed by atoms with Crippen molar-refractivity contribution in [1.29, 1.82) is 0 Å². The number of nitrogens with zero attached hydrogens (tertiary/aromatic N) is 1. The summed E-state index contributed by atoms with van der Waals surface area (Å²) in [5, 5.41) is 0. The fourth-order valence-corrected chi connectivity index (χ4v) is 3.77. The summed E-state index contributed by atoms with van der Waals surface area (Å²) >= 11 is 0. The zero-order valence-corrected chi connectivity index (χ0v) is 11.0. The van der Waals surface area contributed by atoms with Crippen LogP contribution >= 0.6 is 0 Å². The third kappa shape index (κ3) is 1.25. The van der Waals surface area contributed by atoms with Crippen LogP contribution in [0.1, 0.15) is 34.3 Å². The van der Waals surface area contributed by atoms with Crippen LogP contribution in [-0.2, 0) is 5.54 Å². The molecule has 0 radical (unpaired) electrons. The lowest BCUT2D eigenvalue weighted by molar-refractivity contribution is 0.0708. The molecule has 2 aliphatic heterocycles. The molecular weight excluding hydrogens is 253 g/mol. The van der Waals surface area contributed by atoms with Gasteiger partial charge in [0.1, 0.15) is 5.82 Å². The Labute approximate surface area is 116 Å². The van der Waals surface area contributed by atoms with Gasteiger partial charge in [0.15, 0.2) is 0 Å². The molecule has 2 heterocycles. The number of fused-ring (bicyclic) bond motifs is 3. The van der Waals surface area contributed by atoms with Crippen molar-refractivity contribution in [3.05, 3.63) is 71.0 Å². The molecular formula is C17H14FNO. The van der Waals surface area contributed by atoms with E-state index in [1.54, 1.807) is 6.07 Å². The summed E-state index contributed by atoms with van der Waals surface area (Å²) in [4.78, 5) is 14.4. The van der Waals surface area contributed by atoms with Crippen LogP contribution in [0.4, 0.5) is 4.39 Å². The molecule has 0 spiro atoms. The van der Waals surface area contributed by atoms with E-state index in [-0.39, 0.29) is 11.7 Å². The Morgan fingerprint density at radius 1 is 1.00 bits per heavy atom. The molecule has 1 atom stereocenters. The fourth-order valence-electron chi connectivity index (χ4n) is 3.77. The zero-order valence-electron chi connectivity index (χ0n) is 11.0. The van der Waals surface area contributed by atoms with Crippen LogP contribution in [0.3, 0.4) is 0 Å². The van der Waals surface area contributed by atoms with Gasteiger partial charge in [-0.05, 0) is 30.5 Å². The third-order valence-corrected chi connectivity index (χ3v) is 4.55. The van der Waals surface area contributed by atoms with Crippen molar-refractivity contribution < 1.29 is 9.18 Å². The number of hydrogen-bond acceptors (Lipinski definition) is 1. The Morgan fingerprint density at radius 2 is 1.70 bits per heavy atom. The highest BCUT2D eigenvalue weighted by Crippen LogP contribution is 2.51. The SMILES string of the molecule is O=C1c2ccccc2C2(c3ccccc3F)CCCN12. The molecule has 1 saturated heterocycles. The van der Waals surface area contributed by atoms with Gasteiger partial charge in [-0.3, -0.25) is 4.79 Å². The van der Waals surface area contributed by atoms with Gasteiger partial charge in [0.25, 0.3) is 5.91 Å². The van der Waals surface area contributed by atoms with Gasteiger partial charge >= 0.3 is 0 Å². The van der Waals surface area contributed by atoms with Crippen molar-refractivity contribution in [2.45, 2.75) is 18.4 Å². The van der Waals surface area contributed by atoms with E-state index >= 15 is 0 Å². The molecule has 2 nitrogen and oxygen atoms in total. The summed E-state index contributed by atoms with van der Waals surface area (Å²) in [5.41, 5.74) is 1.69. The summed E-state index contributed by atoms with van der Waals surface area (Å²) < 4.78 is 14.4. The highest BCUT2D eigenvalue weighted by molar-refractivity contribution is 6.01. The third-order valence-electron chi connectivity index (χ3n) is 4.55. The molecule has 2 aromatic carbocycles. The Bertz CT molecular complexity index is 712. The second-order valence-corrected chi connectivity index (χ2v) is 5.45. The Morgan fingerprint density at radius 3 is 2.50 bits per heavy atom. The van der Waals surface area contributed by atoms with E-state index < -0.39 is 5.54 Å². The zero-order chi connectivity index (χ0) is 13.7. The van der Waals surface area contributed by atoms with Crippen LogP contribution in [0.25, 0.3) is 0 Å². The van der Waals surface area contributed by atoms with Gasteiger partial charge in [0.2, 0.25) is 0 Å². The molecule has 100 valence electrons. The van der Waals surface area contributed by atoms with Crippen molar-refractivity contribution in [1.82, 2.24) is 4.90 Å². The van der Waals surface area contributed by atoms with Crippen LogP contribution in [0, 0.1) is 5.82 Å². The first-order valence-electron chi connectivity index (χ1n) is 6.91. The first-order valence-corrected chi connectivity index (χ1v) is 6.91. The van der Waals surface area contributed by atoms with Crippen LogP contribution in [-0.4, -0.2) is 17.4 Å². The molecule has 0 saturated carbocycles. The smallest absolute Gasteiger partial charge is 0.255 e. The molecule has 1 unspecified atom stereocenters. The Hall–Kier alpha value is -2.16. The van der Waals surface area contributed by atoms with Gasteiger partial charge in [-0.2, -0.15) is 0 Å². The van der Waals surface area contributed by atoms with Crippen molar-refractivity contribution in [3.63, 3.8) is 0 Å². The number of rotatable bonds is 1. The van der Waals surface area contributed by atoms with E-state index in [0.29, 0.717) is 12.1 Å². The predicted molar refractivity (Wildman–Crippen MR) is 73.9 cm³/mol. The van der Waals surface area contributed by atoms with Crippen molar-refractivity contribution >= 4 is 5.91 Å². The summed E-state index contributed by atoms with van der Waals surface area (Å²) in [6.07, 6.45) is 1.70. The molecule has 0 N–H and O–H groups in total. The minimum absolute atomic E-state index is 0.0290. The summed E-state index contributed by atoms with van der Waals surface area (Å²) in [6.45, 7) is 0.696. The lowest BCUT2D eigenvalue weighted by atomic mass is 9.81. The Kier molecular flexibility index (Phi) is 2.28. The van der Waals surface area contributed by atoms with Crippen LogP contribution in [0.5, 0.6) is 0 Å². The quantitative estimate of drug-likeness (QED) is 0.776. The molecule has 2 aliphatic rings. The van der Waals surface area contributed by atoms with Gasteiger partial charge in [0, 0.05) is 17.7 Å². The maximum atomic E-state index is 14.4. The molecule has 0 aliphatic carbocycles. The van der Waals surface area contributed by atoms with Gasteiger partial charge in [-0.25, -0.2) is 4.39 Å². The summed E-state index contributed by atoms with van der Waals surface area (Å²) in [7, 11) is 0. The van der Waals surface area contributed by atoms with E-state index in [4.69, 9.17) is 0 Å². The maximum absolute atomic E-state index is 14.4. The van der Waals surface area contributed by atoms with Crippen LogP contribution in [0.2, 0.25) is 0 Å². The maximum Gasteiger partial charge on any atom is 0.255 e. The monoisotopic (exact) mass is 267 g/mol. The van der Waals surface area contributed by atoms with E-state index in [0.717, 1.165) is 24.0 Å². The van der Waals surface area contributed by atoms with Gasteiger partial charge in [-0.15, -0.1) is 0 Å². The minimum atomic E-state index is -0.598. The number of hydrogen-bond donors (Lipinski definition) is 0. The van der Waals surface area contributed by atoms with Crippen LogP contribution < -0.4 is 0 Å². The van der Waals surface area contributed by atoms with Crippen molar-refractivity contribution in [2.75, 3.05) is 6.54 Å². The average Bonchev–Trinajstić information content (AvgIpc) is 3.00. The molecule has 2 aromatic rings. The van der Waals surface area contributed by atoms with E-state index in [9.17, 15) is 9.18 Å². The average molecular weight is 267 g/mol. The van der Waals surface area contributed by atoms with Crippen molar-refractivity contribution in [3.8, 4) is 0 Å². The van der Waals surface area contributed by atoms with E-state index in [1.807, 2.05) is 41.3 Å². The lowest BCUT2D eigenvalue weighted by Crippen LogP contribution is -2.40. The largest absolute Gasteiger partial charge is 0.325 e. The van der Waals surface area contributed by atoms with E-state index in [2.05, 4.69) is 0 Å². The van der Waals surface area contributed by atoms with Gasteiger partial charge in [-0.1, -0.05) is 36.4 Å². The number of benzene rings is 2. The molecule has 1 amide bonds. The van der Waals surface area contributed by atoms with Crippen LogP contribution in [0.15, 0.2) is 48.5 Å². The summed E-state index contributed by atoms with van der Waals surface area (Å²) in [5.74, 6) is -0.203. The van der Waals surface area contributed by atoms with Crippen molar-refractivity contribution in [2.24, 2.45) is 0 Å². The first kappa shape index (κ1) is 11.6. The number of carbonyl (C=O) groups excluding carboxylic acids is 1. The first-order chi connectivity index (χ1) is 9.75. The molecule has 0 bridgehead atoms. The minimum Gasteiger partial charge on any atom is -0.325 e. The fraction of sp³-hybridized carbons (Fsp3) is 0.235. The lowest BCUT2D eigenvalue weighted by Gasteiger charge is -2.33. The number of amides is 1. The molecule has 1 fully saturated rings. The van der Waals surface area contributed by atoms with Gasteiger partial charge < -0.3 is 4.90 Å². The Balaban J connectivity index is 2.04. The second kappa shape index (κ2) is 3.92. The normalized spacial score (nSPS) is 23.9. The number of carbonyl (C=O) groups is 1. The molecule has 4 rings (SSSR count). The molecule has 3 heteroatoms. The standard InChI is InChI=1S/C17H14FNO/c18-15-9-4-3-8-14(15)17-10-5-11-19(17)16(20)12-6-1-2-7-13(12)17/h1-4,6-9H,5,10-11H2. The summed E-state index contributed by atoms with van der Waals surface area (Å²) in [6, 6.07) is 14.4. The van der Waals surface area contributed by atoms with Gasteiger partial charge in [0.05, 0.1) is 5.54 Å². The van der Waals surface area contributed by atoms with E-state index in [1.165, 1.54) is 6.07 Å². The predicted octanol–water partition coefficient (Wildman–Crippen LogP) is 3.32. The molecule has 0 aromatic heterocycles. The second-order valence-electron chi connectivity index (χ2n) is 5.45. The highest BCUT2D eigenvalue weighted by atomic mass is 19.1. The highest BCUT2D eigenvalue weighted by Gasteiger charge is 2.54. The molecule has 20 heavy (non-hydrogen) atoms. The topological polar surface area (TPSA) is 20.3 Å². The number of halogens is 1.